The summed E-state index contributed by atoms with van der Waals surface area (Å²) in [6.45, 7) is 0. The second-order valence-electron chi connectivity index (χ2n) is 3.55. The Morgan fingerprint density at radius 3 is 2.94 bits per heavy atom. The fourth-order valence-electron chi connectivity index (χ4n) is 1.67. The lowest BCUT2D eigenvalue weighted by Gasteiger charge is -1.96. The van der Waals surface area contributed by atoms with Gasteiger partial charge in [-0.3, -0.25) is 5.10 Å². The van der Waals surface area contributed by atoms with Gasteiger partial charge in [-0.05, 0) is 34.7 Å². The first-order chi connectivity index (χ1) is 8.28. The summed E-state index contributed by atoms with van der Waals surface area (Å²) in [7, 11) is 1.65. The molecule has 0 aliphatic rings. The van der Waals surface area contributed by atoms with E-state index >= 15 is 0 Å². The maximum Gasteiger partial charge on any atom is 0.160 e. The van der Waals surface area contributed by atoms with Gasteiger partial charge in [0.25, 0.3) is 0 Å². The molecule has 0 spiro atoms. The summed E-state index contributed by atoms with van der Waals surface area (Å²) in [5.74, 6) is 1.57. The number of fused-ring (bicyclic) bond motifs is 1. The number of methoxy groups -OCH3 is 1. The van der Waals surface area contributed by atoms with Crippen LogP contribution in [0.4, 0.5) is 0 Å². The molecular weight excluding hydrogens is 331 g/mol. The number of aromatic amines is 2. The Labute approximate surface area is 111 Å². The molecule has 6 heteroatoms. The van der Waals surface area contributed by atoms with E-state index in [2.05, 4.69) is 42.8 Å². The zero-order valence-corrected chi connectivity index (χ0v) is 11.1. The van der Waals surface area contributed by atoms with Crippen molar-refractivity contribution in [3.8, 4) is 17.3 Å². The van der Waals surface area contributed by atoms with Crippen LogP contribution in [0.5, 0.6) is 5.75 Å². The number of benzene rings is 1. The summed E-state index contributed by atoms with van der Waals surface area (Å²) < 4.78 is 6.21. The van der Waals surface area contributed by atoms with Crippen LogP contribution in [-0.4, -0.2) is 27.3 Å². The average Bonchev–Trinajstić information content (AvgIpc) is 2.93. The van der Waals surface area contributed by atoms with E-state index in [1.165, 1.54) is 0 Å². The van der Waals surface area contributed by atoms with Crippen molar-refractivity contribution in [3.05, 3.63) is 28.0 Å². The van der Waals surface area contributed by atoms with Crippen molar-refractivity contribution < 1.29 is 4.74 Å². The number of nitrogens with zero attached hydrogens (tertiary/aromatic N) is 2. The first kappa shape index (κ1) is 10.6. The van der Waals surface area contributed by atoms with Gasteiger partial charge in [0.1, 0.15) is 11.4 Å². The lowest BCUT2D eigenvalue weighted by atomic mass is 10.3. The van der Waals surface area contributed by atoms with Gasteiger partial charge in [-0.15, -0.1) is 0 Å². The fourth-order valence-corrected chi connectivity index (χ4v) is 2.18. The van der Waals surface area contributed by atoms with Crippen molar-refractivity contribution in [2.75, 3.05) is 7.11 Å². The highest BCUT2D eigenvalue weighted by atomic mass is 127. The molecule has 5 nitrogen and oxygen atoms in total. The predicted molar refractivity (Wildman–Crippen MR) is 72.9 cm³/mol. The Morgan fingerprint density at radius 2 is 2.24 bits per heavy atom. The second kappa shape index (κ2) is 4.02. The average molecular weight is 340 g/mol. The lowest BCUT2D eigenvalue weighted by molar-refractivity contribution is 0.415. The molecule has 0 saturated heterocycles. The number of H-pyrrole nitrogens is 2. The van der Waals surface area contributed by atoms with E-state index in [1.807, 2.05) is 24.4 Å². The summed E-state index contributed by atoms with van der Waals surface area (Å²) in [4.78, 5) is 7.73. The Hall–Kier alpha value is -1.57. The third kappa shape index (κ3) is 1.78. The van der Waals surface area contributed by atoms with E-state index in [9.17, 15) is 0 Å². The van der Waals surface area contributed by atoms with Crippen molar-refractivity contribution in [3.63, 3.8) is 0 Å². The summed E-state index contributed by atoms with van der Waals surface area (Å²) in [6, 6.07) is 5.74. The van der Waals surface area contributed by atoms with E-state index in [-0.39, 0.29) is 0 Å². The second-order valence-corrected chi connectivity index (χ2v) is 4.71. The summed E-state index contributed by atoms with van der Waals surface area (Å²) in [5.41, 5.74) is 2.68. The first-order valence-corrected chi connectivity index (χ1v) is 6.09. The highest BCUT2D eigenvalue weighted by Crippen LogP contribution is 2.24. The predicted octanol–water partition coefficient (Wildman–Crippen LogP) is 2.57. The maximum atomic E-state index is 5.17. The number of hydrogen-bond acceptors (Lipinski definition) is 3. The number of halogens is 1. The molecule has 0 aliphatic heterocycles. The molecule has 1 aromatic carbocycles. The monoisotopic (exact) mass is 340 g/mol. The number of aromatic nitrogens is 4. The molecule has 0 saturated carbocycles. The molecule has 2 heterocycles. The van der Waals surface area contributed by atoms with Crippen LogP contribution in [0.15, 0.2) is 24.4 Å². The van der Waals surface area contributed by atoms with Crippen molar-refractivity contribution >= 4 is 33.6 Å². The highest BCUT2D eigenvalue weighted by Gasteiger charge is 2.11. The molecule has 0 fully saturated rings. The van der Waals surface area contributed by atoms with Gasteiger partial charge in [0.05, 0.1) is 21.7 Å². The van der Waals surface area contributed by atoms with E-state index in [0.29, 0.717) is 0 Å². The Balaban J connectivity index is 2.17. The fraction of sp³-hybridized carbons (Fsp3) is 0.0909. The quantitative estimate of drug-likeness (QED) is 0.705. The minimum Gasteiger partial charge on any atom is -0.497 e. The van der Waals surface area contributed by atoms with Gasteiger partial charge in [-0.25, -0.2) is 4.98 Å². The molecule has 0 aliphatic carbocycles. The van der Waals surface area contributed by atoms with Crippen LogP contribution in [0.25, 0.3) is 22.6 Å². The summed E-state index contributed by atoms with van der Waals surface area (Å²) in [6.07, 6.45) is 1.84. The van der Waals surface area contributed by atoms with Crippen molar-refractivity contribution in [1.82, 2.24) is 20.2 Å². The van der Waals surface area contributed by atoms with Crippen LogP contribution >= 0.6 is 22.6 Å². The van der Waals surface area contributed by atoms with Gasteiger partial charge in [-0.2, -0.15) is 5.10 Å². The zero-order valence-electron chi connectivity index (χ0n) is 8.99. The normalized spacial score (nSPS) is 10.9. The van der Waals surface area contributed by atoms with Crippen LogP contribution in [0, 0.1) is 3.57 Å². The van der Waals surface area contributed by atoms with E-state index in [4.69, 9.17) is 4.74 Å². The molecule has 3 aromatic rings. The molecule has 17 heavy (non-hydrogen) atoms. The van der Waals surface area contributed by atoms with Gasteiger partial charge >= 0.3 is 0 Å². The van der Waals surface area contributed by atoms with E-state index in [1.54, 1.807) is 7.11 Å². The standard InChI is InChI=1S/C11H9IN4O/c1-17-6-2-3-8-9(4-6)15-11(14-8)10-7(12)5-13-16-10/h2-5H,1H3,(H,13,16)(H,14,15). The van der Waals surface area contributed by atoms with Crippen LogP contribution in [0.2, 0.25) is 0 Å². The van der Waals surface area contributed by atoms with Crippen molar-refractivity contribution in [2.24, 2.45) is 0 Å². The van der Waals surface area contributed by atoms with Crippen molar-refractivity contribution in [2.45, 2.75) is 0 Å². The Morgan fingerprint density at radius 1 is 1.35 bits per heavy atom. The Bertz CT molecular complexity index is 673. The zero-order chi connectivity index (χ0) is 11.8. The third-order valence-electron chi connectivity index (χ3n) is 2.51. The number of nitrogens with one attached hydrogen (secondary N) is 2. The van der Waals surface area contributed by atoms with E-state index < -0.39 is 0 Å². The topological polar surface area (TPSA) is 66.6 Å². The minimum atomic E-state index is 0.763. The molecule has 2 aromatic heterocycles. The third-order valence-corrected chi connectivity index (χ3v) is 3.33. The van der Waals surface area contributed by atoms with Crippen LogP contribution in [0.1, 0.15) is 0 Å². The van der Waals surface area contributed by atoms with Crippen LogP contribution in [-0.2, 0) is 0 Å². The van der Waals surface area contributed by atoms with Gasteiger partial charge in [0.15, 0.2) is 5.82 Å². The molecule has 0 bridgehead atoms. The molecule has 0 radical (unpaired) electrons. The molecule has 0 unspecified atom stereocenters. The van der Waals surface area contributed by atoms with Crippen LogP contribution in [0.3, 0.4) is 0 Å². The number of ether oxygens (including phenoxy) is 1. The Kier molecular flexibility index (Phi) is 2.50. The SMILES string of the molecule is COc1ccc2nc(-c3n[nH]cc3I)[nH]c2c1. The molecule has 0 atom stereocenters. The summed E-state index contributed by atoms with van der Waals surface area (Å²) >= 11 is 2.22. The molecule has 3 rings (SSSR count). The minimum absolute atomic E-state index is 0.763. The highest BCUT2D eigenvalue weighted by molar-refractivity contribution is 14.1. The van der Waals surface area contributed by atoms with E-state index in [0.717, 1.165) is 31.9 Å². The first-order valence-electron chi connectivity index (χ1n) is 5.01. The van der Waals surface area contributed by atoms with Gasteiger partial charge in [0.2, 0.25) is 0 Å². The van der Waals surface area contributed by atoms with Gasteiger partial charge in [-0.1, -0.05) is 0 Å². The van der Waals surface area contributed by atoms with Crippen LogP contribution < -0.4 is 4.74 Å². The maximum absolute atomic E-state index is 5.17. The van der Waals surface area contributed by atoms with Gasteiger partial charge < -0.3 is 9.72 Å². The van der Waals surface area contributed by atoms with Crippen molar-refractivity contribution in [1.29, 1.82) is 0 Å². The number of hydrogen-bond donors (Lipinski definition) is 2. The molecule has 0 amide bonds. The molecule has 86 valence electrons. The number of rotatable bonds is 2. The van der Waals surface area contributed by atoms with Gasteiger partial charge in [0, 0.05) is 12.3 Å². The smallest absolute Gasteiger partial charge is 0.160 e. The molecule has 2 N–H and O–H groups in total. The largest absolute Gasteiger partial charge is 0.497 e. The lowest BCUT2D eigenvalue weighted by Crippen LogP contribution is -1.82. The summed E-state index contributed by atoms with van der Waals surface area (Å²) in [5, 5.41) is 6.99. The molecular formula is C11H9IN4O. The number of imidazole rings is 1.